The van der Waals surface area contributed by atoms with E-state index < -0.39 is 5.60 Å². The fourth-order valence-electron chi connectivity index (χ4n) is 7.95. The number of aliphatic hydroxyl groups excluding tert-OH is 1. The molecule has 3 nitrogen and oxygen atoms in total. The third-order valence-corrected chi connectivity index (χ3v) is 8.71. The van der Waals surface area contributed by atoms with E-state index in [1.54, 1.807) is 0 Å². The molecule has 4 rings (SSSR count). The highest BCUT2D eigenvalue weighted by atomic mass is 16.3. The number of Topliss-reactive ketones (excluding diaryl/α,β-unsaturated/α-hetero) is 1. The van der Waals surface area contributed by atoms with Gasteiger partial charge in [-0.05, 0) is 73.0 Å². The monoisotopic (exact) mass is 320 g/mol. The maximum atomic E-state index is 12.6. The number of hydrogen-bond donors (Lipinski definition) is 2. The van der Waals surface area contributed by atoms with Crippen molar-refractivity contribution in [2.24, 2.45) is 34.0 Å². The van der Waals surface area contributed by atoms with Crippen LogP contribution in [-0.2, 0) is 4.79 Å². The van der Waals surface area contributed by atoms with Gasteiger partial charge < -0.3 is 10.2 Å². The van der Waals surface area contributed by atoms with E-state index in [4.69, 9.17) is 0 Å². The lowest BCUT2D eigenvalue weighted by Crippen LogP contribution is -2.64. The van der Waals surface area contributed by atoms with Crippen LogP contribution in [0.1, 0.15) is 72.6 Å². The summed E-state index contributed by atoms with van der Waals surface area (Å²) in [5, 5.41) is 21.8. The van der Waals surface area contributed by atoms with E-state index in [0.717, 1.165) is 32.1 Å². The minimum atomic E-state index is -0.562. The molecule has 7 atom stereocenters. The minimum absolute atomic E-state index is 0.112. The first-order valence-electron chi connectivity index (χ1n) is 9.44. The molecule has 4 fully saturated rings. The zero-order chi connectivity index (χ0) is 16.8. The lowest BCUT2D eigenvalue weighted by Gasteiger charge is -2.66. The van der Waals surface area contributed by atoms with Crippen LogP contribution < -0.4 is 0 Å². The zero-order valence-electron chi connectivity index (χ0n) is 15.1. The van der Waals surface area contributed by atoms with E-state index in [1.165, 1.54) is 0 Å². The summed E-state index contributed by atoms with van der Waals surface area (Å²) >= 11 is 0. The average molecular weight is 320 g/mol. The van der Waals surface area contributed by atoms with Crippen LogP contribution in [0.3, 0.4) is 0 Å². The molecule has 4 aliphatic carbocycles. The van der Waals surface area contributed by atoms with Crippen LogP contribution >= 0.6 is 0 Å². The van der Waals surface area contributed by atoms with Crippen LogP contribution in [0.15, 0.2) is 0 Å². The van der Waals surface area contributed by atoms with Crippen LogP contribution in [0.2, 0.25) is 0 Å². The maximum Gasteiger partial charge on any atom is 0.134 e. The standard InChI is InChI=1S/C20H32O3/c1-17(2)10-14(21)11-18(3)16(17)15(22)8-12-7-13-9-20(12,18)6-5-19(13,4)23/h12-13,15-16,22-23H,5-11H2,1-4H3/t12-,13+,15+,16+,18+,19+,20-/m1/s1. The molecule has 3 heteroatoms. The molecular weight excluding hydrogens is 288 g/mol. The highest BCUT2D eigenvalue weighted by Gasteiger charge is 2.71. The molecule has 4 saturated carbocycles. The van der Waals surface area contributed by atoms with E-state index in [2.05, 4.69) is 20.8 Å². The molecule has 130 valence electrons. The summed E-state index contributed by atoms with van der Waals surface area (Å²) in [5.41, 5.74) is -0.647. The Morgan fingerprint density at radius 3 is 2.39 bits per heavy atom. The number of carbonyl (C=O) groups is 1. The zero-order valence-corrected chi connectivity index (χ0v) is 15.1. The van der Waals surface area contributed by atoms with Gasteiger partial charge in [0.05, 0.1) is 11.7 Å². The third-order valence-electron chi connectivity index (χ3n) is 8.71. The van der Waals surface area contributed by atoms with Gasteiger partial charge in [0.15, 0.2) is 0 Å². The fraction of sp³-hybridized carbons (Fsp3) is 0.950. The molecule has 23 heavy (non-hydrogen) atoms. The van der Waals surface area contributed by atoms with Crippen LogP contribution in [-0.4, -0.2) is 27.7 Å². The number of rotatable bonds is 0. The van der Waals surface area contributed by atoms with Gasteiger partial charge in [-0.2, -0.15) is 0 Å². The van der Waals surface area contributed by atoms with Gasteiger partial charge in [0.1, 0.15) is 5.78 Å². The summed E-state index contributed by atoms with van der Waals surface area (Å²) < 4.78 is 0. The number of hydrogen-bond acceptors (Lipinski definition) is 3. The molecule has 0 aliphatic heterocycles. The van der Waals surface area contributed by atoms with Crippen molar-refractivity contribution in [3.8, 4) is 0 Å². The van der Waals surface area contributed by atoms with Crippen molar-refractivity contribution in [2.45, 2.75) is 84.3 Å². The normalized spacial score (nSPS) is 57.7. The van der Waals surface area contributed by atoms with Crippen molar-refractivity contribution in [3.63, 3.8) is 0 Å². The molecule has 0 amide bonds. The quantitative estimate of drug-likeness (QED) is 0.720. The summed E-state index contributed by atoms with van der Waals surface area (Å²) in [6.07, 6.45) is 5.74. The predicted molar refractivity (Wildman–Crippen MR) is 88.7 cm³/mol. The molecule has 4 aliphatic rings. The molecule has 0 radical (unpaired) electrons. The highest BCUT2D eigenvalue weighted by Crippen LogP contribution is 2.74. The molecule has 0 aromatic heterocycles. The van der Waals surface area contributed by atoms with Gasteiger partial charge in [0.2, 0.25) is 0 Å². The van der Waals surface area contributed by atoms with E-state index in [0.29, 0.717) is 30.5 Å². The topological polar surface area (TPSA) is 57.5 Å². The first-order valence-corrected chi connectivity index (χ1v) is 9.44. The lowest BCUT2D eigenvalue weighted by molar-refractivity contribution is -0.208. The average Bonchev–Trinajstić information content (AvgIpc) is 2.70. The Labute approximate surface area is 139 Å². The first kappa shape index (κ1) is 16.1. The lowest BCUT2D eigenvalue weighted by atomic mass is 9.39. The minimum Gasteiger partial charge on any atom is -0.393 e. The van der Waals surface area contributed by atoms with E-state index in [9.17, 15) is 15.0 Å². The molecule has 0 aromatic rings. The fourth-order valence-corrected chi connectivity index (χ4v) is 7.95. The predicted octanol–water partition coefficient (Wildman–Crippen LogP) is 3.32. The van der Waals surface area contributed by atoms with Crippen molar-refractivity contribution in [1.29, 1.82) is 0 Å². The van der Waals surface area contributed by atoms with E-state index in [-0.39, 0.29) is 28.3 Å². The molecule has 2 bridgehead atoms. The number of fused-ring (bicyclic) bond motifs is 2. The Kier molecular flexibility index (Phi) is 3.08. The number of ketones is 1. The second kappa shape index (κ2) is 4.40. The molecule has 1 spiro atoms. The Balaban J connectivity index is 1.83. The summed E-state index contributed by atoms with van der Waals surface area (Å²) in [5.74, 6) is 1.38. The summed E-state index contributed by atoms with van der Waals surface area (Å²) in [6.45, 7) is 8.65. The van der Waals surface area contributed by atoms with Gasteiger partial charge in [-0.1, -0.05) is 20.8 Å². The van der Waals surface area contributed by atoms with Crippen LogP contribution in [0.5, 0.6) is 0 Å². The highest BCUT2D eigenvalue weighted by molar-refractivity contribution is 5.81. The maximum absolute atomic E-state index is 12.6. The van der Waals surface area contributed by atoms with E-state index in [1.807, 2.05) is 6.92 Å². The van der Waals surface area contributed by atoms with Gasteiger partial charge in [0, 0.05) is 12.8 Å². The molecule has 0 unspecified atom stereocenters. The summed E-state index contributed by atoms with van der Waals surface area (Å²) in [4.78, 5) is 12.6. The second-order valence-electron chi connectivity index (χ2n) is 10.4. The molecule has 0 heterocycles. The van der Waals surface area contributed by atoms with Crippen molar-refractivity contribution in [1.82, 2.24) is 0 Å². The van der Waals surface area contributed by atoms with Crippen molar-refractivity contribution in [2.75, 3.05) is 0 Å². The van der Waals surface area contributed by atoms with Crippen molar-refractivity contribution >= 4 is 5.78 Å². The van der Waals surface area contributed by atoms with Crippen LogP contribution in [0.4, 0.5) is 0 Å². The molecule has 0 saturated heterocycles. The van der Waals surface area contributed by atoms with E-state index >= 15 is 0 Å². The number of aliphatic hydroxyl groups is 2. The van der Waals surface area contributed by atoms with Crippen molar-refractivity contribution < 1.29 is 15.0 Å². The largest absolute Gasteiger partial charge is 0.393 e. The van der Waals surface area contributed by atoms with Crippen molar-refractivity contribution in [3.05, 3.63) is 0 Å². The van der Waals surface area contributed by atoms with Gasteiger partial charge in [-0.25, -0.2) is 0 Å². The first-order chi connectivity index (χ1) is 10.5. The van der Waals surface area contributed by atoms with Crippen LogP contribution in [0.25, 0.3) is 0 Å². The molecule has 0 aromatic carbocycles. The Morgan fingerprint density at radius 2 is 1.70 bits per heavy atom. The van der Waals surface area contributed by atoms with Gasteiger partial charge in [0.25, 0.3) is 0 Å². The second-order valence-corrected chi connectivity index (χ2v) is 10.4. The number of carbonyl (C=O) groups excluding carboxylic acids is 1. The van der Waals surface area contributed by atoms with Gasteiger partial charge in [-0.15, -0.1) is 0 Å². The van der Waals surface area contributed by atoms with Gasteiger partial charge >= 0.3 is 0 Å². The Bertz CT molecular complexity index is 551. The summed E-state index contributed by atoms with van der Waals surface area (Å²) in [6, 6.07) is 0. The molecular formula is C20H32O3. The SMILES string of the molecule is CC1(C)CC(=O)C[C@@]2(C)[C@H]1[C@@H](O)C[C@H]1C[C@H]3C[C@]12CC[C@]3(C)O. The Morgan fingerprint density at radius 1 is 1.00 bits per heavy atom. The smallest absolute Gasteiger partial charge is 0.134 e. The summed E-state index contributed by atoms with van der Waals surface area (Å²) in [7, 11) is 0. The Hall–Kier alpha value is -0.410. The van der Waals surface area contributed by atoms with Gasteiger partial charge in [-0.3, -0.25) is 4.79 Å². The molecule has 2 N–H and O–H groups in total. The van der Waals surface area contributed by atoms with Crippen LogP contribution in [0, 0.1) is 34.0 Å². The third kappa shape index (κ3) is 1.87.